The first-order valence-electron chi connectivity index (χ1n) is 12.1. The number of ether oxygens (including phenoxy) is 5. The summed E-state index contributed by atoms with van der Waals surface area (Å²) in [5.41, 5.74) is 2.31. The van der Waals surface area contributed by atoms with Crippen molar-refractivity contribution in [3.63, 3.8) is 0 Å². The molecule has 0 amide bonds. The Labute approximate surface area is 229 Å². The van der Waals surface area contributed by atoms with Gasteiger partial charge in [-0.15, -0.1) is 13.2 Å². The van der Waals surface area contributed by atoms with E-state index in [1.165, 1.54) is 45.6 Å². The van der Waals surface area contributed by atoms with E-state index in [1.54, 1.807) is 48.5 Å². The van der Waals surface area contributed by atoms with Gasteiger partial charge in [0.25, 0.3) is 0 Å². The van der Waals surface area contributed by atoms with E-state index in [0.717, 1.165) is 5.56 Å². The molecule has 3 aromatic carbocycles. The van der Waals surface area contributed by atoms with E-state index in [1.807, 2.05) is 0 Å². The Kier molecular flexibility index (Phi) is 10.8. The number of benzene rings is 3. The molecule has 0 heterocycles. The molecule has 0 radical (unpaired) electrons. The number of rotatable bonds is 13. The molecule has 0 fully saturated rings. The van der Waals surface area contributed by atoms with Crippen molar-refractivity contribution < 1.29 is 46.8 Å². The number of hydrogen-bond acceptors (Lipinski definition) is 8. The molecule has 0 aliphatic rings. The summed E-state index contributed by atoms with van der Waals surface area (Å²) in [5, 5.41) is 13.3. The molecular formula is C29H30F3NO7. The van der Waals surface area contributed by atoms with Gasteiger partial charge >= 0.3 is 12.3 Å². The minimum Gasteiger partial charge on any atom is -0.497 e. The Morgan fingerprint density at radius 3 is 2.05 bits per heavy atom. The quantitative estimate of drug-likeness (QED) is 0.174. The second kappa shape index (κ2) is 14.2. The zero-order valence-electron chi connectivity index (χ0n) is 22.2. The van der Waals surface area contributed by atoms with Crippen LogP contribution >= 0.6 is 0 Å². The van der Waals surface area contributed by atoms with E-state index in [-0.39, 0.29) is 18.9 Å². The molecular weight excluding hydrogens is 531 g/mol. The average molecular weight is 562 g/mol. The third-order valence-electron chi connectivity index (χ3n) is 5.56. The van der Waals surface area contributed by atoms with Crippen LogP contribution in [-0.2, 0) is 16.1 Å². The number of nitrogens with one attached hydrogen (secondary N) is 1. The summed E-state index contributed by atoms with van der Waals surface area (Å²) in [6.45, 7) is 0.520. The summed E-state index contributed by atoms with van der Waals surface area (Å²) in [4.78, 5) is 12.5. The van der Waals surface area contributed by atoms with Crippen LogP contribution in [0.25, 0.3) is 11.6 Å². The minimum absolute atomic E-state index is 0.00594. The molecule has 0 bridgehead atoms. The maximum atomic E-state index is 12.5. The molecule has 3 rings (SSSR count). The highest BCUT2D eigenvalue weighted by atomic mass is 19.4. The highest BCUT2D eigenvalue weighted by Gasteiger charge is 2.30. The van der Waals surface area contributed by atoms with Crippen molar-refractivity contribution in [2.45, 2.75) is 19.0 Å². The molecule has 0 aromatic heterocycles. The van der Waals surface area contributed by atoms with Gasteiger partial charge in [-0.2, -0.15) is 0 Å². The van der Waals surface area contributed by atoms with E-state index >= 15 is 0 Å². The largest absolute Gasteiger partial charge is 0.573 e. The second-order valence-corrected chi connectivity index (χ2v) is 8.51. The molecule has 0 spiro atoms. The molecule has 3 aromatic rings. The number of carbonyl (C=O) groups is 1. The van der Waals surface area contributed by atoms with Crippen molar-refractivity contribution in [2.75, 3.05) is 34.5 Å². The molecule has 0 aliphatic heterocycles. The molecule has 0 aliphatic carbocycles. The van der Waals surface area contributed by atoms with Gasteiger partial charge in [0, 0.05) is 19.2 Å². The normalized spacial score (nSPS) is 12.4. The lowest BCUT2D eigenvalue weighted by Gasteiger charge is -2.14. The Morgan fingerprint density at radius 2 is 1.50 bits per heavy atom. The second-order valence-electron chi connectivity index (χ2n) is 8.51. The van der Waals surface area contributed by atoms with Crippen LogP contribution in [0.15, 0.2) is 66.7 Å². The van der Waals surface area contributed by atoms with Crippen molar-refractivity contribution in [2.24, 2.45) is 0 Å². The molecule has 11 heteroatoms. The molecule has 40 heavy (non-hydrogen) atoms. The third-order valence-corrected chi connectivity index (χ3v) is 5.56. The molecule has 0 saturated carbocycles. The fourth-order valence-electron chi connectivity index (χ4n) is 3.62. The SMILES string of the molecule is COC(=O)C(=Cc1cc(OC)cc(OC)c1)c1ccc(OCC(O)CNCc2ccc(OC(F)(F)F)cc2)cc1. The van der Waals surface area contributed by atoms with Crippen LogP contribution < -0.4 is 24.3 Å². The number of hydrogen-bond donors (Lipinski definition) is 2. The van der Waals surface area contributed by atoms with Crippen LogP contribution in [0.3, 0.4) is 0 Å². The van der Waals surface area contributed by atoms with Crippen LogP contribution in [0.2, 0.25) is 0 Å². The van der Waals surface area contributed by atoms with E-state index in [2.05, 4.69) is 10.1 Å². The lowest BCUT2D eigenvalue weighted by Crippen LogP contribution is -2.31. The molecule has 0 saturated heterocycles. The number of aliphatic hydroxyl groups is 1. The summed E-state index contributed by atoms with van der Waals surface area (Å²) in [5.74, 6) is 0.792. The summed E-state index contributed by atoms with van der Waals surface area (Å²) in [6.07, 6.45) is -3.92. The molecule has 8 nitrogen and oxygen atoms in total. The minimum atomic E-state index is -4.74. The van der Waals surface area contributed by atoms with Gasteiger partial charge in [-0.3, -0.25) is 0 Å². The molecule has 2 N–H and O–H groups in total. The predicted molar refractivity (Wildman–Crippen MR) is 142 cm³/mol. The van der Waals surface area contributed by atoms with Gasteiger partial charge < -0.3 is 34.1 Å². The Balaban J connectivity index is 1.55. The number of halogens is 3. The third kappa shape index (κ3) is 9.51. The van der Waals surface area contributed by atoms with E-state index in [4.69, 9.17) is 18.9 Å². The number of esters is 1. The summed E-state index contributed by atoms with van der Waals surface area (Å²) in [6, 6.07) is 17.4. The van der Waals surface area contributed by atoms with Crippen molar-refractivity contribution in [1.29, 1.82) is 0 Å². The Hall–Kier alpha value is -4.22. The molecule has 1 atom stereocenters. The molecule has 1 unspecified atom stereocenters. The fourth-order valence-corrected chi connectivity index (χ4v) is 3.62. The van der Waals surface area contributed by atoms with Gasteiger partial charge in [0.2, 0.25) is 0 Å². The predicted octanol–water partition coefficient (Wildman–Crippen LogP) is 4.85. The van der Waals surface area contributed by atoms with Crippen LogP contribution in [0.1, 0.15) is 16.7 Å². The van der Waals surface area contributed by atoms with Crippen molar-refractivity contribution in [3.05, 3.63) is 83.4 Å². The first-order valence-corrected chi connectivity index (χ1v) is 12.1. The zero-order chi connectivity index (χ0) is 29.1. The molecule has 214 valence electrons. The van der Waals surface area contributed by atoms with E-state index in [9.17, 15) is 23.1 Å². The Bertz CT molecular complexity index is 1250. The van der Waals surface area contributed by atoms with Gasteiger partial charge in [0.05, 0.1) is 26.9 Å². The summed E-state index contributed by atoms with van der Waals surface area (Å²) >= 11 is 0. The van der Waals surface area contributed by atoms with Gasteiger partial charge in [0.1, 0.15) is 35.7 Å². The monoisotopic (exact) mass is 561 g/mol. The smallest absolute Gasteiger partial charge is 0.497 e. The standard InChI is InChI=1S/C29H30F3NO7/c1-36-25-12-20(13-26(15-25)37-2)14-27(28(35)38-3)21-6-10-23(11-7-21)39-18-22(34)17-33-16-19-4-8-24(9-5-19)40-29(30,31)32/h4-15,22,33-34H,16-18H2,1-3H3. The number of aliphatic hydroxyl groups excluding tert-OH is 1. The highest BCUT2D eigenvalue weighted by molar-refractivity contribution is 6.21. The topological polar surface area (TPSA) is 95.5 Å². The number of carbonyl (C=O) groups excluding carboxylic acids is 1. The van der Waals surface area contributed by atoms with E-state index in [0.29, 0.717) is 40.5 Å². The van der Waals surface area contributed by atoms with Crippen LogP contribution in [0.4, 0.5) is 13.2 Å². The van der Waals surface area contributed by atoms with Gasteiger partial charge in [-0.1, -0.05) is 24.3 Å². The van der Waals surface area contributed by atoms with Crippen LogP contribution in [0.5, 0.6) is 23.0 Å². The van der Waals surface area contributed by atoms with Gasteiger partial charge in [-0.25, -0.2) is 4.79 Å². The first kappa shape index (κ1) is 30.3. The van der Waals surface area contributed by atoms with Gasteiger partial charge in [-0.05, 0) is 59.2 Å². The average Bonchev–Trinajstić information content (AvgIpc) is 2.94. The first-order chi connectivity index (χ1) is 19.1. The van der Waals surface area contributed by atoms with Crippen LogP contribution in [0, 0.1) is 0 Å². The van der Waals surface area contributed by atoms with Crippen molar-refractivity contribution >= 4 is 17.6 Å². The lowest BCUT2D eigenvalue weighted by molar-refractivity contribution is -0.274. The van der Waals surface area contributed by atoms with Gasteiger partial charge in [0.15, 0.2) is 0 Å². The van der Waals surface area contributed by atoms with Crippen molar-refractivity contribution in [3.8, 4) is 23.0 Å². The number of methoxy groups -OCH3 is 3. The van der Waals surface area contributed by atoms with Crippen molar-refractivity contribution in [1.82, 2.24) is 5.32 Å². The summed E-state index contributed by atoms with van der Waals surface area (Å²) in [7, 11) is 4.37. The zero-order valence-corrected chi connectivity index (χ0v) is 22.2. The van der Waals surface area contributed by atoms with E-state index < -0.39 is 18.4 Å². The highest BCUT2D eigenvalue weighted by Crippen LogP contribution is 2.28. The lowest BCUT2D eigenvalue weighted by atomic mass is 10.0. The van der Waals surface area contributed by atoms with Crippen LogP contribution in [-0.4, -0.2) is 58.0 Å². The maximum Gasteiger partial charge on any atom is 0.573 e. The fraction of sp³-hybridized carbons (Fsp3) is 0.276. The Morgan fingerprint density at radius 1 is 0.900 bits per heavy atom. The number of alkyl halides is 3. The summed E-state index contributed by atoms with van der Waals surface area (Å²) < 4.78 is 61.8. The maximum absolute atomic E-state index is 12.5.